The Hall–Kier alpha value is -2.10. The Labute approximate surface area is 107 Å². The normalized spacial score (nSPS) is 10.9. The predicted molar refractivity (Wildman–Crippen MR) is 69.0 cm³/mol. The zero-order valence-electron chi connectivity index (χ0n) is 10.8. The summed E-state index contributed by atoms with van der Waals surface area (Å²) >= 11 is 0. The number of ether oxygens (including phenoxy) is 1. The van der Waals surface area contributed by atoms with E-state index in [-0.39, 0.29) is 5.91 Å². The number of carbonyl (C=O) groups excluding carboxylic acids is 2. The lowest BCUT2D eigenvalue weighted by atomic mass is 10.1. The zero-order chi connectivity index (χ0) is 13.5. The van der Waals surface area contributed by atoms with Gasteiger partial charge in [-0.25, -0.2) is 4.79 Å². The van der Waals surface area contributed by atoms with Crippen molar-refractivity contribution in [2.75, 3.05) is 6.61 Å². The minimum absolute atomic E-state index is 0.230. The Bertz CT molecular complexity index is 478. The SMILES string of the molecule is CCOC(=O)/C=C(\C)NC(=O)c1ccccc1C. The molecule has 0 aliphatic rings. The van der Waals surface area contributed by atoms with Crippen molar-refractivity contribution >= 4 is 11.9 Å². The number of esters is 1. The van der Waals surface area contributed by atoms with E-state index in [1.165, 1.54) is 6.08 Å². The number of allylic oxidation sites excluding steroid dienone is 1. The molecule has 0 unspecified atom stereocenters. The Morgan fingerprint density at radius 1 is 1.33 bits per heavy atom. The van der Waals surface area contributed by atoms with Crippen molar-refractivity contribution in [2.24, 2.45) is 0 Å². The van der Waals surface area contributed by atoms with E-state index in [0.29, 0.717) is 17.9 Å². The molecule has 1 rings (SSSR count). The predicted octanol–water partition coefficient (Wildman–Crippen LogP) is 2.19. The first-order chi connectivity index (χ1) is 8.54. The van der Waals surface area contributed by atoms with E-state index in [4.69, 9.17) is 4.74 Å². The Kier molecular flexibility index (Phi) is 5.11. The van der Waals surface area contributed by atoms with Gasteiger partial charge in [-0.1, -0.05) is 18.2 Å². The van der Waals surface area contributed by atoms with E-state index in [0.717, 1.165) is 5.56 Å². The second-order valence-electron chi connectivity index (χ2n) is 3.85. The van der Waals surface area contributed by atoms with Gasteiger partial charge >= 0.3 is 5.97 Å². The van der Waals surface area contributed by atoms with Crippen LogP contribution in [0.3, 0.4) is 0 Å². The molecule has 0 heterocycles. The van der Waals surface area contributed by atoms with Gasteiger partial charge in [0.1, 0.15) is 0 Å². The molecule has 0 saturated carbocycles. The van der Waals surface area contributed by atoms with E-state index in [9.17, 15) is 9.59 Å². The summed E-state index contributed by atoms with van der Waals surface area (Å²) < 4.78 is 4.76. The van der Waals surface area contributed by atoms with Crippen molar-refractivity contribution in [2.45, 2.75) is 20.8 Å². The highest BCUT2D eigenvalue weighted by atomic mass is 16.5. The van der Waals surface area contributed by atoms with Gasteiger partial charge < -0.3 is 10.1 Å². The van der Waals surface area contributed by atoms with Gasteiger partial charge in [-0.05, 0) is 32.4 Å². The van der Waals surface area contributed by atoms with Gasteiger partial charge in [-0.15, -0.1) is 0 Å². The third-order valence-corrected chi connectivity index (χ3v) is 2.32. The van der Waals surface area contributed by atoms with Crippen LogP contribution < -0.4 is 5.32 Å². The molecule has 0 fully saturated rings. The van der Waals surface area contributed by atoms with Crippen molar-refractivity contribution in [1.82, 2.24) is 5.32 Å². The second-order valence-corrected chi connectivity index (χ2v) is 3.85. The fourth-order valence-corrected chi connectivity index (χ4v) is 1.47. The smallest absolute Gasteiger partial charge is 0.332 e. The quantitative estimate of drug-likeness (QED) is 0.655. The van der Waals surface area contributed by atoms with Gasteiger partial charge in [0, 0.05) is 17.3 Å². The number of aryl methyl sites for hydroxylation is 1. The molecule has 18 heavy (non-hydrogen) atoms. The largest absolute Gasteiger partial charge is 0.463 e. The Morgan fingerprint density at radius 3 is 2.61 bits per heavy atom. The molecule has 0 bridgehead atoms. The van der Waals surface area contributed by atoms with Crippen molar-refractivity contribution in [1.29, 1.82) is 0 Å². The molecule has 1 aromatic carbocycles. The van der Waals surface area contributed by atoms with Crippen LogP contribution in [0.15, 0.2) is 36.0 Å². The third-order valence-electron chi connectivity index (χ3n) is 2.32. The van der Waals surface area contributed by atoms with E-state index in [1.54, 1.807) is 26.0 Å². The van der Waals surface area contributed by atoms with E-state index >= 15 is 0 Å². The second kappa shape index (κ2) is 6.59. The van der Waals surface area contributed by atoms with Crippen molar-refractivity contribution in [3.05, 3.63) is 47.2 Å². The number of carbonyl (C=O) groups is 2. The first-order valence-corrected chi connectivity index (χ1v) is 5.76. The molecule has 0 radical (unpaired) electrons. The van der Waals surface area contributed by atoms with Crippen molar-refractivity contribution < 1.29 is 14.3 Å². The lowest BCUT2D eigenvalue weighted by molar-refractivity contribution is -0.137. The van der Waals surface area contributed by atoms with Gasteiger partial charge in [0.15, 0.2) is 0 Å². The molecule has 0 aromatic heterocycles. The highest BCUT2D eigenvalue weighted by Gasteiger charge is 2.08. The van der Waals surface area contributed by atoms with E-state index < -0.39 is 5.97 Å². The van der Waals surface area contributed by atoms with Crippen molar-refractivity contribution in [3.63, 3.8) is 0 Å². The molecule has 0 aliphatic heterocycles. The van der Waals surface area contributed by atoms with Crippen molar-refractivity contribution in [3.8, 4) is 0 Å². The summed E-state index contributed by atoms with van der Waals surface area (Å²) in [6.45, 7) is 5.55. The number of benzene rings is 1. The van der Waals surface area contributed by atoms with Crippen LogP contribution in [0.25, 0.3) is 0 Å². The van der Waals surface area contributed by atoms with Gasteiger partial charge in [0.2, 0.25) is 0 Å². The first-order valence-electron chi connectivity index (χ1n) is 5.76. The van der Waals surface area contributed by atoms with Crippen LogP contribution in [0.2, 0.25) is 0 Å². The maximum absolute atomic E-state index is 11.9. The molecule has 1 aromatic rings. The fourth-order valence-electron chi connectivity index (χ4n) is 1.47. The standard InChI is InChI=1S/C14H17NO3/c1-4-18-13(16)9-11(3)15-14(17)12-8-6-5-7-10(12)2/h5-9H,4H2,1-3H3,(H,15,17)/b11-9+. The zero-order valence-corrected chi connectivity index (χ0v) is 10.8. The molecular weight excluding hydrogens is 230 g/mol. The first kappa shape index (κ1) is 14.0. The monoisotopic (exact) mass is 247 g/mol. The summed E-state index contributed by atoms with van der Waals surface area (Å²) in [4.78, 5) is 23.1. The maximum Gasteiger partial charge on any atom is 0.332 e. The number of hydrogen-bond donors (Lipinski definition) is 1. The summed E-state index contributed by atoms with van der Waals surface area (Å²) in [7, 11) is 0. The van der Waals surface area contributed by atoms with Crippen LogP contribution in [0.4, 0.5) is 0 Å². The Balaban J connectivity index is 2.71. The maximum atomic E-state index is 11.9. The summed E-state index contributed by atoms with van der Waals surface area (Å²) in [5.74, 6) is -0.689. The summed E-state index contributed by atoms with van der Waals surface area (Å²) in [5.41, 5.74) is 1.94. The van der Waals surface area contributed by atoms with Crippen LogP contribution in [-0.4, -0.2) is 18.5 Å². The molecule has 0 atom stereocenters. The van der Waals surface area contributed by atoms with E-state index in [1.807, 2.05) is 19.1 Å². The fraction of sp³-hybridized carbons (Fsp3) is 0.286. The molecule has 4 heteroatoms. The topological polar surface area (TPSA) is 55.4 Å². The molecule has 4 nitrogen and oxygen atoms in total. The highest BCUT2D eigenvalue weighted by Crippen LogP contribution is 2.07. The molecule has 1 N–H and O–H groups in total. The summed E-state index contributed by atoms with van der Waals surface area (Å²) in [6.07, 6.45) is 1.26. The van der Waals surface area contributed by atoms with Gasteiger partial charge in [-0.3, -0.25) is 4.79 Å². The average Bonchev–Trinajstić information content (AvgIpc) is 2.29. The van der Waals surface area contributed by atoms with E-state index in [2.05, 4.69) is 5.32 Å². The van der Waals surface area contributed by atoms with Crippen LogP contribution in [0.1, 0.15) is 29.8 Å². The lowest BCUT2D eigenvalue weighted by Gasteiger charge is -2.07. The minimum atomic E-state index is -0.458. The van der Waals surface area contributed by atoms with Gasteiger partial charge in [0.25, 0.3) is 5.91 Å². The minimum Gasteiger partial charge on any atom is -0.463 e. The average molecular weight is 247 g/mol. The summed E-state index contributed by atoms with van der Waals surface area (Å²) in [6, 6.07) is 7.27. The molecule has 0 spiro atoms. The van der Waals surface area contributed by atoms with Crippen LogP contribution in [0, 0.1) is 6.92 Å². The number of nitrogens with one attached hydrogen (secondary N) is 1. The molecule has 0 aliphatic carbocycles. The molecule has 1 amide bonds. The number of hydrogen-bond acceptors (Lipinski definition) is 3. The van der Waals surface area contributed by atoms with Gasteiger partial charge in [0.05, 0.1) is 6.61 Å². The Morgan fingerprint density at radius 2 is 2.00 bits per heavy atom. The number of rotatable bonds is 4. The molecular formula is C14H17NO3. The highest BCUT2D eigenvalue weighted by molar-refractivity contribution is 5.97. The third kappa shape index (κ3) is 4.05. The molecule has 96 valence electrons. The number of amides is 1. The van der Waals surface area contributed by atoms with Crippen LogP contribution >= 0.6 is 0 Å². The molecule has 0 saturated heterocycles. The van der Waals surface area contributed by atoms with Crippen LogP contribution in [-0.2, 0) is 9.53 Å². The van der Waals surface area contributed by atoms with Gasteiger partial charge in [-0.2, -0.15) is 0 Å². The van der Waals surface area contributed by atoms with Crippen LogP contribution in [0.5, 0.6) is 0 Å². The lowest BCUT2D eigenvalue weighted by Crippen LogP contribution is -2.23. The summed E-state index contributed by atoms with van der Waals surface area (Å²) in [5, 5.41) is 2.65.